The van der Waals surface area contributed by atoms with E-state index in [1.165, 1.54) is 12.1 Å². The predicted octanol–water partition coefficient (Wildman–Crippen LogP) is 4.72. The second-order valence-corrected chi connectivity index (χ2v) is 5.34. The highest BCUT2D eigenvalue weighted by molar-refractivity contribution is 9.10. The molecular formula is C16H11BrFNO. The van der Waals surface area contributed by atoms with E-state index in [0.29, 0.717) is 16.8 Å². The lowest BCUT2D eigenvalue weighted by Gasteiger charge is -2.08. The summed E-state index contributed by atoms with van der Waals surface area (Å²) in [6, 6.07) is 14.4. The summed E-state index contributed by atoms with van der Waals surface area (Å²) in [4.78, 5) is 4.27. The predicted molar refractivity (Wildman–Crippen MR) is 80.2 cm³/mol. The lowest BCUT2D eigenvalue weighted by Crippen LogP contribution is -1.96. The number of rotatable bonds is 3. The van der Waals surface area contributed by atoms with E-state index in [-0.39, 0.29) is 5.82 Å². The molecule has 0 amide bonds. The Morgan fingerprint density at radius 2 is 2.00 bits per heavy atom. The van der Waals surface area contributed by atoms with Gasteiger partial charge in [0.25, 0.3) is 0 Å². The van der Waals surface area contributed by atoms with Gasteiger partial charge in [0.15, 0.2) is 0 Å². The van der Waals surface area contributed by atoms with Gasteiger partial charge in [0, 0.05) is 22.1 Å². The number of benzene rings is 2. The number of nitrogens with zero attached hydrogens (tertiary/aromatic N) is 1. The normalized spacial score (nSPS) is 10.7. The van der Waals surface area contributed by atoms with Gasteiger partial charge >= 0.3 is 0 Å². The minimum absolute atomic E-state index is 0.322. The maximum atomic E-state index is 13.2. The third-order valence-corrected chi connectivity index (χ3v) is 3.37. The molecular weight excluding hydrogens is 321 g/mol. The van der Waals surface area contributed by atoms with Crippen molar-refractivity contribution in [2.24, 2.45) is 0 Å². The van der Waals surface area contributed by atoms with Gasteiger partial charge in [-0.1, -0.05) is 28.1 Å². The van der Waals surface area contributed by atoms with Crippen molar-refractivity contribution in [1.82, 2.24) is 4.98 Å². The molecule has 0 N–H and O–H groups in total. The van der Waals surface area contributed by atoms with Crippen molar-refractivity contribution >= 4 is 26.8 Å². The van der Waals surface area contributed by atoms with Crippen LogP contribution < -0.4 is 4.74 Å². The van der Waals surface area contributed by atoms with Crippen molar-refractivity contribution in [3.8, 4) is 5.75 Å². The van der Waals surface area contributed by atoms with Gasteiger partial charge in [-0.2, -0.15) is 0 Å². The Morgan fingerprint density at radius 1 is 1.10 bits per heavy atom. The molecule has 0 aliphatic carbocycles. The van der Waals surface area contributed by atoms with Crippen LogP contribution in [0.25, 0.3) is 10.9 Å². The second-order valence-electron chi connectivity index (χ2n) is 4.42. The zero-order valence-electron chi connectivity index (χ0n) is 10.5. The minimum atomic E-state index is -0.322. The first-order chi connectivity index (χ1) is 9.70. The summed E-state index contributed by atoms with van der Waals surface area (Å²) >= 11 is 3.24. The third kappa shape index (κ3) is 2.96. The smallest absolute Gasteiger partial charge is 0.128 e. The lowest BCUT2D eigenvalue weighted by molar-refractivity contribution is 0.304. The van der Waals surface area contributed by atoms with Crippen LogP contribution in [-0.2, 0) is 6.61 Å². The molecule has 0 fully saturated rings. The quantitative estimate of drug-likeness (QED) is 0.693. The highest BCUT2D eigenvalue weighted by Crippen LogP contribution is 2.22. The van der Waals surface area contributed by atoms with Crippen molar-refractivity contribution in [3.05, 3.63) is 70.6 Å². The Balaban J connectivity index is 1.79. The number of hydrogen-bond donors (Lipinski definition) is 0. The van der Waals surface area contributed by atoms with Crippen LogP contribution in [0.1, 0.15) is 5.56 Å². The average Bonchev–Trinajstić information content (AvgIpc) is 2.44. The summed E-state index contributed by atoms with van der Waals surface area (Å²) in [5, 5.41) is 1.06. The molecule has 100 valence electrons. The van der Waals surface area contributed by atoms with Crippen LogP contribution in [-0.4, -0.2) is 4.98 Å². The molecule has 1 aromatic heterocycles. The summed E-state index contributed by atoms with van der Waals surface area (Å²) in [7, 11) is 0. The van der Waals surface area contributed by atoms with E-state index in [1.807, 2.05) is 30.3 Å². The van der Waals surface area contributed by atoms with Gasteiger partial charge in [-0.15, -0.1) is 0 Å². The molecule has 3 aromatic rings. The van der Waals surface area contributed by atoms with Crippen LogP contribution in [0.3, 0.4) is 0 Å². The molecule has 0 spiro atoms. The van der Waals surface area contributed by atoms with E-state index in [0.717, 1.165) is 16.5 Å². The molecule has 20 heavy (non-hydrogen) atoms. The number of ether oxygens (including phenoxy) is 1. The van der Waals surface area contributed by atoms with Crippen LogP contribution >= 0.6 is 15.9 Å². The highest BCUT2D eigenvalue weighted by atomic mass is 79.9. The average molecular weight is 332 g/mol. The zero-order valence-corrected chi connectivity index (χ0v) is 12.1. The Bertz CT molecular complexity index is 740. The molecule has 4 heteroatoms. The fourth-order valence-corrected chi connectivity index (χ4v) is 2.44. The monoisotopic (exact) mass is 331 g/mol. The van der Waals surface area contributed by atoms with Crippen LogP contribution in [0.15, 0.2) is 59.2 Å². The second kappa shape index (κ2) is 5.59. The molecule has 0 atom stereocenters. The molecule has 0 aliphatic heterocycles. The first-order valence-electron chi connectivity index (χ1n) is 6.13. The van der Waals surface area contributed by atoms with Crippen molar-refractivity contribution in [2.45, 2.75) is 6.61 Å². The van der Waals surface area contributed by atoms with Crippen LogP contribution in [0.2, 0.25) is 0 Å². The first-order valence-corrected chi connectivity index (χ1v) is 6.92. The van der Waals surface area contributed by atoms with Crippen LogP contribution in [0.4, 0.5) is 4.39 Å². The van der Waals surface area contributed by atoms with Crippen LogP contribution in [0.5, 0.6) is 5.75 Å². The summed E-state index contributed by atoms with van der Waals surface area (Å²) < 4.78 is 19.5. The molecule has 0 saturated carbocycles. The maximum absolute atomic E-state index is 13.2. The largest absolute Gasteiger partial charge is 0.489 e. The Morgan fingerprint density at radius 3 is 2.85 bits per heavy atom. The fourth-order valence-electron chi connectivity index (χ4n) is 1.99. The van der Waals surface area contributed by atoms with E-state index in [4.69, 9.17) is 4.74 Å². The lowest BCUT2D eigenvalue weighted by atomic mass is 10.1. The molecule has 0 unspecified atom stereocenters. The number of pyridine rings is 1. The summed E-state index contributed by atoms with van der Waals surface area (Å²) in [6.07, 6.45) is 1.77. The van der Waals surface area contributed by atoms with Crippen molar-refractivity contribution in [3.63, 3.8) is 0 Å². The molecule has 2 aromatic carbocycles. The van der Waals surface area contributed by atoms with Gasteiger partial charge in [-0.3, -0.25) is 4.98 Å². The topological polar surface area (TPSA) is 22.1 Å². The SMILES string of the molecule is Fc1cc(Br)cc(OCc2ccc3ncccc3c2)c1. The molecule has 0 aliphatic rings. The summed E-state index contributed by atoms with van der Waals surface area (Å²) in [5.74, 6) is 0.181. The van der Waals surface area contributed by atoms with E-state index in [9.17, 15) is 4.39 Å². The van der Waals surface area contributed by atoms with Gasteiger partial charge in [0.1, 0.15) is 18.2 Å². The van der Waals surface area contributed by atoms with Gasteiger partial charge in [0.2, 0.25) is 0 Å². The first kappa shape index (κ1) is 13.1. The molecule has 0 saturated heterocycles. The van der Waals surface area contributed by atoms with E-state index in [2.05, 4.69) is 20.9 Å². The molecule has 1 heterocycles. The third-order valence-electron chi connectivity index (χ3n) is 2.91. The Labute approximate surface area is 124 Å². The van der Waals surface area contributed by atoms with E-state index >= 15 is 0 Å². The Kier molecular flexibility index (Phi) is 3.65. The molecule has 2 nitrogen and oxygen atoms in total. The van der Waals surface area contributed by atoms with Gasteiger partial charge < -0.3 is 4.74 Å². The molecule has 0 bridgehead atoms. The van der Waals surface area contributed by atoms with Gasteiger partial charge in [0.05, 0.1) is 5.52 Å². The highest BCUT2D eigenvalue weighted by Gasteiger charge is 2.02. The van der Waals surface area contributed by atoms with Crippen molar-refractivity contribution in [2.75, 3.05) is 0 Å². The Hall–Kier alpha value is -1.94. The van der Waals surface area contributed by atoms with Crippen molar-refractivity contribution < 1.29 is 9.13 Å². The number of halogens is 2. The fraction of sp³-hybridized carbons (Fsp3) is 0.0625. The van der Waals surface area contributed by atoms with Gasteiger partial charge in [-0.05, 0) is 35.9 Å². The van der Waals surface area contributed by atoms with E-state index < -0.39 is 0 Å². The zero-order chi connectivity index (χ0) is 13.9. The number of fused-ring (bicyclic) bond motifs is 1. The number of hydrogen-bond acceptors (Lipinski definition) is 2. The molecule has 3 rings (SSSR count). The van der Waals surface area contributed by atoms with E-state index in [1.54, 1.807) is 12.3 Å². The molecule has 0 radical (unpaired) electrons. The van der Waals surface area contributed by atoms with Gasteiger partial charge in [-0.25, -0.2) is 4.39 Å². The maximum Gasteiger partial charge on any atom is 0.128 e. The van der Waals surface area contributed by atoms with Crippen molar-refractivity contribution in [1.29, 1.82) is 0 Å². The van der Waals surface area contributed by atoms with Crippen LogP contribution in [0, 0.1) is 5.82 Å². The minimum Gasteiger partial charge on any atom is -0.489 e. The summed E-state index contributed by atoms with van der Waals surface area (Å²) in [6.45, 7) is 0.390. The number of aromatic nitrogens is 1. The summed E-state index contributed by atoms with van der Waals surface area (Å²) in [5.41, 5.74) is 1.97. The standard InChI is InChI=1S/C16H11BrFNO/c17-13-7-14(18)9-15(8-13)20-10-11-3-4-16-12(6-11)2-1-5-19-16/h1-9H,10H2.